The molecule has 0 aliphatic heterocycles. The third-order valence-corrected chi connectivity index (χ3v) is 3.87. The van der Waals surface area contributed by atoms with Crippen LogP contribution in [0.1, 0.15) is 5.56 Å². The summed E-state index contributed by atoms with van der Waals surface area (Å²) in [6, 6.07) is 14.7. The maximum absolute atomic E-state index is 11.5. The lowest BCUT2D eigenvalue weighted by Crippen LogP contribution is -1.98. The molecule has 0 aromatic heterocycles. The fourth-order valence-corrected chi connectivity index (χ4v) is 2.45. The highest BCUT2D eigenvalue weighted by Gasteiger charge is 2.08. The number of nitrogens with two attached hydrogens (primary N) is 1. The molecular formula is C14H16ClNO2S. The Morgan fingerprint density at radius 3 is 2.16 bits per heavy atom. The number of halogens is 1. The molecule has 19 heavy (non-hydrogen) atoms. The largest absolute Gasteiger partial charge is 0.326 e. The smallest absolute Gasteiger partial charge is 0.175 e. The summed E-state index contributed by atoms with van der Waals surface area (Å²) in [7, 11) is -3.17. The minimum Gasteiger partial charge on any atom is -0.326 e. The van der Waals surface area contributed by atoms with E-state index in [9.17, 15) is 8.42 Å². The summed E-state index contributed by atoms with van der Waals surface area (Å²) in [5.41, 5.74) is 8.48. The molecule has 2 aromatic rings. The highest BCUT2D eigenvalue weighted by atomic mass is 35.5. The van der Waals surface area contributed by atoms with Crippen LogP contribution in [0.5, 0.6) is 0 Å². The van der Waals surface area contributed by atoms with E-state index >= 15 is 0 Å². The SMILES string of the molecule is CS(=O)(=O)c1cccc(-c2cccc(CN)c2)c1.Cl. The van der Waals surface area contributed by atoms with E-state index in [0.29, 0.717) is 11.4 Å². The third-order valence-electron chi connectivity index (χ3n) is 2.76. The van der Waals surface area contributed by atoms with Crippen molar-refractivity contribution in [2.75, 3.05) is 6.26 Å². The van der Waals surface area contributed by atoms with Gasteiger partial charge in [0.1, 0.15) is 0 Å². The van der Waals surface area contributed by atoms with Gasteiger partial charge in [0, 0.05) is 12.8 Å². The Morgan fingerprint density at radius 2 is 1.58 bits per heavy atom. The van der Waals surface area contributed by atoms with Crippen molar-refractivity contribution in [3.8, 4) is 11.1 Å². The molecule has 0 saturated heterocycles. The topological polar surface area (TPSA) is 60.2 Å². The van der Waals surface area contributed by atoms with Crippen LogP contribution in [0.4, 0.5) is 0 Å². The van der Waals surface area contributed by atoms with E-state index < -0.39 is 9.84 Å². The van der Waals surface area contributed by atoms with Crippen LogP contribution in [-0.4, -0.2) is 14.7 Å². The summed E-state index contributed by atoms with van der Waals surface area (Å²) >= 11 is 0. The predicted molar refractivity (Wildman–Crippen MR) is 80.1 cm³/mol. The second-order valence-corrected chi connectivity index (χ2v) is 6.22. The van der Waals surface area contributed by atoms with Crippen LogP contribution in [0, 0.1) is 0 Å². The van der Waals surface area contributed by atoms with Crippen molar-refractivity contribution in [1.82, 2.24) is 0 Å². The fraction of sp³-hybridized carbons (Fsp3) is 0.143. The highest BCUT2D eigenvalue weighted by molar-refractivity contribution is 7.90. The zero-order chi connectivity index (χ0) is 13.2. The first-order chi connectivity index (χ1) is 8.50. The maximum Gasteiger partial charge on any atom is 0.175 e. The van der Waals surface area contributed by atoms with E-state index in [-0.39, 0.29) is 12.4 Å². The van der Waals surface area contributed by atoms with Gasteiger partial charge < -0.3 is 5.73 Å². The van der Waals surface area contributed by atoms with Gasteiger partial charge in [-0.3, -0.25) is 0 Å². The molecule has 0 aliphatic rings. The standard InChI is InChI=1S/C14H15NO2S.ClH/c1-18(16,17)14-7-3-6-13(9-14)12-5-2-4-11(8-12)10-15;/h2-9H,10,15H2,1H3;1H. The Hall–Kier alpha value is -1.36. The molecule has 0 amide bonds. The van der Waals surface area contributed by atoms with Gasteiger partial charge in [-0.1, -0.05) is 30.3 Å². The minimum absolute atomic E-state index is 0. The molecule has 0 heterocycles. The summed E-state index contributed by atoms with van der Waals surface area (Å²) in [6.07, 6.45) is 1.21. The maximum atomic E-state index is 11.5. The van der Waals surface area contributed by atoms with E-state index in [1.807, 2.05) is 30.3 Å². The van der Waals surface area contributed by atoms with Crippen molar-refractivity contribution in [2.24, 2.45) is 5.73 Å². The average Bonchev–Trinajstić information content (AvgIpc) is 2.38. The lowest BCUT2D eigenvalue weighted by Gasteiger charge is -2.06. The Kier molecular flexibility index (Phi) is 5.11. The second-order valence-electron chi connectivity index (χ2n) is 4.20. The minimum atomic E-state index is -3.17. The van der Waals surface area contributed by atoms with Gasteiger partial charge in [0.15, 0.2) is 9.84 Å². The molecule has 0 fully saturated rings. The number of sulfone groups is 1. The molecule has 0 saturated carbocycles. The molecule has 2 rings (SSSR count). The van der Waals surface area contributed by atoms with Gasteiger partial charge in [0.05, 0.1) is 4.90 Å². The van der Waals surface area contributed by atoms with Crippen LogP contribution < -0.4 is 5.73 Å². The molecule has 3 nitrogen and oxygen atoms in total. The van der Waals surface area contributed by atoms with Crippen LogP contribution in [0.15, 0.2) is 53.4 Å². The molecule has 0 spiro atoms. The molecule has 2 aromatic carbocycles. The highest BCUT2D eigenvalue weighted by Crippen LogP contribution is 2.23. The number of hydrogen-bond acceptors (Lipinski definition) is 3. The monoisotopic (exact) mass is 297 g/mol. The molecule has 0 aliphatic carbocycles. The quantitative estimate of drug-likeness (QED) is 0.947. The lowest BCUT2D eigenvalue weighted by atomic mass is 10.0. The van der Waals surface area contributed by atoms with Gasteiger partial charge in [-0.15, -0.1) is 12.4 Å². The van der Waals surface area contributed by atoms with Crippen molar-refractivity contribution in [2.45, 2.75) is 11.4 Å². The Balaban J connectivity index is 0.00000180. The molecule has 2 N–H and O–H groups in total. The molecular weight excluding hydrogens is 282 g/mol. The van der Waals surface area contributed by atoms with Gasteiger partial charge in [0.25, 0.3) is 0 Å². The van der Waals surface area contributed by atoms with E-state index in [4.69, 9.17) is 5.73 Å². The van der Waals surface area contributed by atoms with Crippen LogP contribution in [0.2, 0.25) is 0 Å². The summed E-state index contributed by atoms with van der Waals surface area (Å²) < 4.78 is 23.0. The Morgan fingerprint density at radius 1 is 1.00 bits per heavy atom. The summed E-state index contributed by atoms with van der Waals surface area (Å²) in [5.74, 6) is 0. The molecule has 0 unspecified atom stereocenters. The van der Waals surface area contributed by atoms with E-state index in [1.54, 1.807) is 18.2 Å². The Labute approximate surface area is 119 Å². The van der Waals surface area contributed by atoms with Crippen molar-refractivity contribution in [1.29, 1.82) is 0 Å². The van der Waals surface area contributed by atoms with Gasteiger partial charge in [-0.2, -0.15) is 0 Å². The number of benzene rings is 2. The number of hydrogen-bond donors (Lipinski definition) is 1. The zero-order valence-corrected chi connectivity index (χ0v) is 12.2. The first-order valence-corrected chi connectivity index (χ1v) is 7.49. The van der Waals surface area contributed by atoms with Gasteiger partial charge in [0.2, 0.25) is 0 Å². The van der Waals surface area contributed by atoms with Crippen molar-refractivity contribution in [3.63, 3.8) is 0 Å². The van der Waals surface area contributed by atoms with Gasteiger partial charge >= 0.3 is 0 Å². The summed E-state index contributed by atoms with van der Waals surface area (Å²) in [6.45, 7) is 0.472. The molecule has 5 heteroatoms. The molecule has 0 bridgehead atoms. The zero-order valence-electron chi connectivity index (χ0n) is 10.5. The predicted octanol–water partition coefficient (Wildman–Crippen LogP) is 2.64. The van der Waals surface area contributed by atoms with E-state index in [1.165, 1.54) is 6.26 Å². The third kappa shape index (κ3) is 3.80. The molecule has 0 radical (unpaired) electrons. The van der Waals surface area contributed by atoms with Crippen LogP contribution >= 0.6 is 12.4 Å². The van der Waals surface area contributed by atoms with Gasteiger partial charge in [-0.05, 0) is 34.9 Å². The second kappa shape index (κ2) is 6.19. The van der Waals surface area contributed by atoms with Crippen molar-refractivity contribution in [3.05, 3.63) is 54.1 Å². The number of rotatable bonds is 3. The van der Waals surface area contributed by atoms with E-state index in [0.717, 1.165) is 16.7 Å². The van der Waals surface area contributed by atoms with Crippen LogP contribution in [-0.2, 0) is 16.4 Å². The van der Waals surface area contributed by atoms with E-state index in [2.05, 4.69) is 0 Å². The normalized spacial score (nSPS) is 10.8. The van der Waals surface area contributed by atoms with Crippen LogP contribution in [0.3, 0.4) is 0 Å². The van der Waals surface area contributed by atoms with Crippen molar-refractivity contribution >= 4 is 22.2 Å². The van der Waals surface area contributed by atoms with Crippen molar-refractivity contribution < 1.29 is 8.42 Å². The van der Waals surface area contributed by atoms with Crippen LogP contribution in [0.25, 0.3) is 11.1 Å². The van der Waals surface area contributed by atoms with Gasteiger partial charge in [-0.25, -0.2) is 8.42 Å². The summed E-state index contributed by atoms with van der Waals surface area (Å²) in [4.78, 5) is 0.332. The first kappa shape index (κ1) is 15.7. The Bertz CT molecular complexity index is 669. The average molecular weight is 298 g/mol. The fourth-order valence-electron chi connectivity index (χ4n) is 1.78. The molecule has 0 atom stereocenters. The molecule has 102 valence electrons. The summed E-state index contributed by atoms with van der Waals surface area (Å²) in [5, 5.41) is 0. The lowest BCUT2D eigenvalue weighted by molar-refractivity contribution is 0.602. The first-order valence-electron chi connectivity index (χ1n) is 5.60.